The summed E-state index contributed by atoms with van der Waals surface area (Å²) >= 11 is 0. The molecule has 2 heterocycles. The van der Waals surface area contributed by atoms with Crippen molar-refractivity contribution in [1.82, 2.24) is 20.4 Å². The zero-order chi connectivity index (χ0) is 15.2. The second-order valence-electron chi connectivity index (χ2n) is 4.73. The van der Waals surface area contributed by atoms with E-state index in [1.807, 2.05) is 0 Å². The number of aromatic nitrogens is 2. The Labute approximate surface area is 121 Å². The van der Waals surface area contributed by atoms with Crippen LogP contribution in [0.5, 0.6) is 0 Å². The summed E-state index contributed by atoms with van der Waals surface area (Å²) < 4.78 is 10.1. The van der Waals surface area contributed by atoms with Crippen LogP contribution in [0.2, 0.25) is 0 Å². The van der Waals surface area contributed by atoms with Gasteiger partial charge < -0.3 is 24.6 Å². The number of hydrogen-bond donors (Lipinski definition) is 2. The van der Waals surface area contributed by atoms with Crippen LogP contribution in [0.4, 0.5) is 4.79 Å². The van der Waals surface area contributed by atoms with Gasteiger partial charge in [0.15, 0.2) is 5.82 Å². The highest BCUT2D eigenvalue weighted by atomic mass is 16.5. The molecular weight excluding hydrogens is 280 g/mol. The smallest absolute Gasteiger partial charge is 0.317 e. The summed E-state index contributed by atoms with van der Waals surface area (Å²) in [6, 6.07) is -0.742. The lowest BCUT2D eigenvalue weighted by atomic mass is 10.1. The summed E-state index contributed by atoms with van der Waals surface area (Å²) in [6.07, 6.45) is 0.328. The summed E-state index contributed by atoms with van der Waals surface area (Å²) in [5, 5.41) is 15.3. The van der Waals surface area contributed by atoms with E-state index in [0.29, 0.717) is 37.8 Å². The van der Waals surface area contributed by atoms with Crippen molar-refractivity contribution in [3.8, 4) is 0 Å². The van der Waals surface area contributed by atoms with Crippen LogP contribution in [-0.2, 0) is 16.0 Å². The van der Waals surface area contributed by atoms with Gasteiger partial charge in [0.25, 0.3) is 0 Å². The third-order valence-electron chi connectivity index (χ3n) is 3.09. The molecule has 1 aliphatic rings. The Kier molecular flexibility index (Phi) is 5.09. The monoisotopic (exact) mass is 298 g/mol. The fourth-order valence-corrected chi connectivity index (χ4v) is 2.12. The number of aryl methyl sites for hydroxylation is 1. The maximum atomic E-state index is 12.1. The van der Waals surface area contributed by atoms with Crippen molar-refractivity contribution in [3.05, 3.63) is 11.7 Å². The number of ether oxygens (including phenoxy) is 1. The molecule has 1 aliphatic heterocycles. The van der Waals surface area contributed by atoms with E-state index in [4.69, 9.17) is 14.4 Å². The molecule has 1 aromatic rings. The van der Waals surface area contributed by atoms with E-state index in [9.17, 15) is 9.59 Å². The highest BCUT2D eigenvalue weighted by molar-refractivity contribution is 5.76. The third-order valence-corrected chi connectivity index (χ3v) is 3.09. The van der Waals surface area contributed by atoms with Crippen molar-refractivity contribution in [2.24, 2.45) is 0 Å². The van der Waals surface area contributed by atoms with E-state index in [1.165, 1.54) is 4.90 Å². The van der Waals surface area contributed by atoms with Crippen molar-refractivity contribution in [1.29, 1.82) is 0 Å². The molecule has 1 aromatic heterocycles. The number of hydrogen-bond acceptors (Lipinski definition) is 6. The Hall–Kier alpha value is -2.16. The standard InChI is InChI=1S/C12H18N4O5/c1-8-14-10(15-21-8)2-3-13-12(19)16-4-5-20-7-9(16)6-11(17)18/h9H,2-7H2,1H3,(H,13,19)(H,17,18). The van der Waals surface area contributed by atoms with Gasteiger partial charge >= 0.3 is 12.0 Å². The summed E-state index contributed by atoms with van der Waals surface area (Å²) in [7, 11) is 0. The zero-order valence-electron chi connectivity index (χ0n) is 11.7. The first-order chi connectivity index (χ1) is 10.1. The lowest BCUT2D eigenvalue weighted by Crippen LogP contribution is -2.53. The molecule has 1 atom stereocenters. The van der Waals surface area contributed by atoms with Gasteiger partial charge in [0, 0.05) is 26.4 Å². The van der Waals surface area contributed by atoms with Crippen molar-refractivity contribution in [3.63, 3.8) is 0 Å². The van der Waals surface area contributed by atoms with Crippen LogP contribution in [0, 0.1) is 6.92 Å². The van der Waals surface area contributed by atoms with Gasteiger partial charge in [0.1, 0.15) is 0 Å². The number of nitrogens with zero attached hydrogens (tertiary/aromatic N) is 3. The summed E-state index contributed by atoms with van der Waals surface area (Å²) in [5.74, 6) is 0.0495. The average Bonchev–Trinajstić information content (AvgIpc) is 2.84. The van der Waals surface area contributed by atoms with Crippen molar-refractivity contribution in [2.75, 3.05) is 26.3 Å². The summed E-state index contributed by atoms with van der Waals surface area (Å²) in [4.78, 5) is 28.4. The van der Waals surface area contributed by atoms with Crippen LogP contribution in [0.15, 0.2) is 4.52 Å². The lowest BCUT2D eigenvalue weighted by Gasteiger charge is -2.34. The predicted molar refractivity (Wildman–Crippen MR) is 69.7 cm³/mol. The van der Waals surface area contributed by atoms with E-state index in [1.54, 1.807) is 6.92 Å². The molecule has 0 spiro atoms. The number of carbonyl (C=O) groups excluding carboxylic acids is 1. The molecule has 9 nitrogen and oxygen atoms in total. The topological polar surface area (TPSA) is 118 Å². The zero-order valence-corrected chi connectivity index (χ0v) is 11.7. The molecule has 1 unspecified atom stereocenters. The van der Waals surface area contributed by atoms with Crippen molar-refractivity contribution >= 4 is 12.0 Å². The minimum Gasteiger partial charge on any atom is -0.481 e. The van der Waals surface area contributed by atoms with Gasteiger partial charge in [-0.25, -0.2) is 4.79 Å². The van der Waals surface area contributed by atoms with Crippen LogP contribution >= 0.6 is 0 Å². The Morgan fingerprint density at radius 3 is 3.00 bits per heavy atom. The first-order valence-corrected chi connectivity index (χ1v) is 6.69. The number of urea groups is 1. The maximum absolute atomic E-state index is 12.1. The Morgan fingerprint density at radius 1 is 1.52 bits per heavy atom. The summed E-state index contributed by atoms with van der Waals surface area (Å²) in [6.45, 7) is 3.08. The number of nitrogens with one attached hydrogen (secondary N) is 1. The number of aliphatic carboxylic acids is 1. The largest absolute Gasteiger partial charge is 0.481 e. The van der Waals surface area contributed by atoms with E-state index in [0.717, 1.165) is 0 Å². The first kappa shape index (κ1) is 15.2. The fourth-order valence-electron chi connectivity index (χ4n) is 2.12. The summed E-state index contributed by atoms with van der Waals surface area (Å²) in [5.41, 5.74) is 0. The van der Waals surface area contributed by atoms with Gasteiger partial charge in [-0.05, 0) is 0 Å². The quantitative estimate of drug-likeness (QED) is 0.773. The van der Waals surface area contributed by atoms with Crippen LogP contribution in [0.3, 0.4) is 0 Å². The number of carbonyl (C=O) groups is 2. The molecule has 2 amide bonds. The van der Waals surface area contributed by atoms with Gasteiger partial charge in [-0.2, -0.15) is 4.98 Å². The van der Waals surface area contributed by atoms with E-state index in [-0.39, 0.29) is 19.1 Å². The molecule has 1 saturated heterocycles. The van der Waals surface area contributed by atoms with Gasteiger partial charge in [0.2, 0.25) is 5.89 Å². The average molecular weight is 298 g/mol. The van der Waals surface area contributed by atoms with Gasteiger partial charge in [-0.15, -0.1) is 0 Å². The Balaban J connectivity index is 1.81. The number of morpholine rings is 1. The lowest BCUT2D eigenvalue weighted by molar-refractivity contribution is -0.139. The second-order valence-corrected chi connectivity index (χ2v) is 4.73. The van der Waals surface area contributed by atoms with Gasteiger partial charge in [-0.3, -0.25) is 4.79 Å². The van der Waals surface area contributed by atoms with Crippen LogP contribution in [-0.4, -0.2) is 64.5 Å². The number of carboxylic acids is 1. The molecule has 0 bridgehead atoms. The van der Waals surface area contributed by atoms with Crippen LogP contribution < -0.4 is 5.32 Å². The van der Waals surface area contributed by atoms with E-state index >= 15 is 0 Å². The normalized spacial score (nSPS) is 18.5. The molecule has 0 aliphatic carbocycles. The highest BCUT2D eigenvalue weighted by Gasteiger charge is 2.28. The van der Waals surface area contributed by atoms with Gasteiger partial charge in [0.05, 0.1) is 25.7 Å². The maximum Gasteiger partial charge on any atom is 0.317 e. The molecule has 0 aromatic carbocycles. The molecule has 2 N–H and O–H groups in total. The molecule has 2 rings (SSSR count). The predicted octanol–water partition coefficient (Wildman–Crippen LogP) is -0.194. The number of amides is 2. The molecule has 21 heavy (non-hydrogen) atoms. The SMILES string of the molecule is Cc1nc(CCNC(=O)N2CCOCC2CC(=O)O)no1. The third kappa shape index (κ3) is 4.42. The van der Waals surface area contributed by atoms with E-state index < -0.39 is 12.0 Å². The first-order valence-electron chi connectivity index (χ1n) is 6.69. The Bertz CT molecular complexity index is 504. The number of carboxylic acid groups (broad SMARTS) is 1. The van der Waals surface area contributed by atoms with Gasteiger partial charge in [-0.1, -0.05) is 5.16 Å². The molecular formula is C12H18N4O5. The minimum absolute atomic E-state index is 0.128. The van der Waals surface area contributed by atoms with Crippen molar-refractivity contribution < 1.29 is 24.0 Å². The Morgan fingerprint density at radius 2 is 2.33 bits per heavy atom. The minimum atomic E-state index is -0.953. The van der Waals surface area contributed by atoms with Crippen LogP contribution in [0.1, 0.15) is 18.1 Å². The number of rotatable bonds is 5. The van der Waals surface area contributed by atoms with Crippen LogP contribution in [0.25, 0.3) is 0 Å². The molecule has 0 radical (unpaired) electrons. The second kappa shape index (κ2) is 7.02. The molecule has 116 valence electrons. The molecule has 0 saturated carbocycles. The van der Waals surface area contributed by atoms with E-state index in [2.05, 4.69) is 15.5 Å². The molecule has 1 fully saturated rings. The fraction of sp³-hybridized carbons (Fsp3) is 0.667. The molecule has 9 heteroatoms. The highest BCUT2D eigenvalue weighted by Crippen LogP contribution is 2.10. The van der Waals surface area contributed by atoms with Crippen molar-refractivity contribution in [2.45, 2.75) is 25.8 Å².